The molecule has 108 valence electrons. The number of fused-ring (bicyclic) bond motifs is 1. The van der Waals surface area contributed by atoms with E-state index in [1.165, 1.54) is 5.56 Å². The zero-order chi connectivity index (χ0) is 14.7. The van der Waals surface area contributed by atoms with Crippen LogP contribution in [0.15, 0.2) is 42.5 Å². The largest absolute Gasteiger partial charge is 0.303 e. The quantitative estimate of drug-likeness (QED) is 0.794. The average molecular weight is 279 g/mol. The summed E-state index contributed by atoms with van der Waals surface area (Å²) < 4.78 is 0. The molecule has 2 atom stereocenters. The van der Waals surface area contributed by atoms with Crippen LogP contribution in [-0.2, 0) is 17.6 Å². The number of hydrogen-bond donors (Lipinski definition) is 0. The smallest absolute Gasteiger partial charge is 0.127 e. The second-order valence-electron chi connectivity index (χ2n) is 5.87. The van der Waals surface area contributed by atoms with Gasteiger partial charge in [-0.15, -0.1) is 0 Å². The Morgan fingerprint density at radius 3 is 2.71 bits per heavy atom. The fraction of sp³-hybridized carbons (Fsp3) is 0.368. The fourth-order valence-corrected chi connectivity index (χ4v) is 3.36. The van der Waals surface area contributed by atoms with Crippen molar-refractivity contribution >= 4 is 6.29 Å². The lowest BCUT2D eigenvalue weighted by molar-refractivity contribution is -0.110. The fourth-order valence-electron chi connectivity index (χ4n) is 3.36. The standard InChI is InChI=1S/C19H21NO/c1-2-15-8-11-19-17(18(15)13-21)10-9-16(20-19)12-14-6-4-3-5-7-14/h3-7,9-10,13,15,18H,2,8,11-12H2,1H3. The van der Waals surface area contributed by atoms with Crippen LogP contribution in [0.1, 0.15) is 48.2 Å². The van der Waals surface area contributed by atoms with Crippen LogP contribution in [0.3, 0.4) is 0 Å². The number of rotatable bonds is 4. The first kappa shape index (κ1) is 14.0. The third-order valence-corrected chi connectivity index (χ3v) is 4.59. The molecule has 0 aliphatic heterocycles. The minimum Gasteiger partial charge on any atom is -0.303 e. The van der Waals surface area contributed by atoms with E-state index in [1.807, 2.05) is 6.07 Å². The van der Waals surface area contributed by atoms with Gasteiger partial charge in [-0.1, -0.05) is 49.7 Å². The lowest BCUT2D eigenvalue weighted by atomic mass is 9.76. The Hall–Kier alpha value is -1.96. The van der Waals surface area contributed by atoms with Crippen LogP contribution in [0.4, 0.5) is 0 Å². The molecular weight excluding hydrogens is 258 g/mol. The molecule has 0 fully saturated rings. The number of hydrogen-bond acceptors (Lipinski definition) is 2. The Kier molecular flexibility index (Phi) is 4.14. The Morgan fingerprint density at radius 2 is 2.00 bits per heavy atom. The SMILES string of the molecule is CCC1CCc2nc(Cc3ccccc3)ccc2C1C=O. The minimum atomic E-state index is 0.0389. The molecule has 3 rings (SSSR count). The summed E-state index contributed by atoms with van der Waals surface area (Å²) in [6, 6.07) is 14.6. The van der Waals surface area contributed by atoms with Crippen LogP contribution in [0.2, 0.25) is 0 Å². The predicted octanol–water partition coefficient (Wildman–Crippen LogP) is 3.93. The van der Waals surface area contributed by atoms with Crippen molar-refractivity contribution in [1.29, 1.82) is 0 Å². The van der Waals surface area contributed by atoms with Gasteiger partial charge in [0.2, 0.25) is 0 Å². The van der Waals surface area contributed by atoms with Crippen LogP contribution < -0.4 is 0 Å². The van der Waals surface area contributed by atoms with Gasteiger partial charge in [0, 0.05) is 23.7 Å². The van der Waals surface area contributed by atoms with Crippen molar-refractivity contribution in [3.05, 3.63) is 65.0 Å². The lowest BCUT2D eigenvalue weighted by Crippen LogP contribution is -2.22. The number of carbonyl (C=O) groups is 1. The van der Waals surface area contributed by atoms with Gasteiger partial charge in [0.25, 0.3) is 0 Å². The summed E-state index contributed by atoms with van der Waals surface area (Å²) >= 11 is 0. The molecular formula is C19H21NO. The molecule has 0 saturated heterocycles. The molecule has 0 amide bonds. The van der Waals surface area contributed by atoms with E-state index in [0.29, 0.717) is 5.92 Å². The second kappa shape index (κ2) is 6.21. The molecule has 0 N–H and O–H groups in total. The molecule has 1 heterocycles. The second-order valence-corrected chi connectivity index (χ2v) is 5.87. The molecule has 2 heteroatoms. The summed E-state index contributed by atoms with van der Waals surface area (Å²) in [6.45, 7) is 2.17. The summed E-state index contributed by atoms with van der Waals surface area (Å²) in [7, 11) is 0. The Morgan fingerprint density at radius 1 is 1.19 bits per heavy atom. The highest BCUT2D eigenvalue weighted by Crippen LogP contribution is 2.36. The number of carbonyl (C=O) groups excluding carboxylic acids is 1. The van der Waals surface area contributed by atoms with Crippen LogP contribution >= 0.6 is 0 Å². The molecule has 0 bridgehead atoms. The normalized spacial score (nSPS) is 20.8. The number of aldehydes is 1. The van der Waals surface area contributed by atoms with E-state index in [9.17, 15) is 4.79 Å². The zero-order valence-corrected chi connectivity index (χ0v) is 12.5. The van der Waals surface area contributed by atoms with Gasteiger partial charge in [-0.05, 0) is 36.0 Å². The molecule has 2 unspecified atom stereocenters. The van der Waals surface area contributed by atoms with Gasteiger partial charge in [0.05, 0.1) is 0 Å². The summed E-state index contributed by atoms with van der Waals surface area (Å²) in [6.07, 6.45) is 5.12. The summed E-state index contributed by atoms with van der Waals surface area (Å²) in [5.41, 5.74) is 4.66. The monoisotopic (exact) mass is 279 g/mol. The van der Waals surface area contributed by atoms with E-state index in [1.54, 1.807) is 0 Å². The van der Waals surface area contributed by atoms with Crippen molar-refractivity contribution in [2.45, 2.75) is 38.5 Å². The number of nitrogens with zero attached hydrogens (tertiary/aromatic N) is 1. The van der Waals surface area contributed by atoms with Gasteiger partial charge in [0.1, 0.15) is 6.29 Å². The van der Waals surface area contributed by atoms with Crippen molar-refractivity contribution in [3.63, 3.8) is 0 Å². The van der Waals surface area contributed by atoms with Crippen molar-refractivity contribution in [2.75, 3.05) is 0 Å². The van der Waals surface area contributed by atoms with Crippen LogP contribution in [0.25, 0.3) is 0 Å². The minimum absolute atomic E-state index is 0.0389. The van der Waals surface area contributed by atoms with E-state index in [0.717, 1.165) is 48.9 Å². The van der Waals surface area contributed by atoms with Gasteiger partial charge >= 0.3 is 0 Å². The molecule has 1 aliphatic carbocycles. The van der Waals surface area contributed by atoms with E-state index in [2.05, 4.69) is 43.3 Å². The van der Waals surface area contributed by atoms with Crippen molar-refractivity contribution in [1.82, 2.24) is 4.98 Å². The van der Waals surface area contributed by atoms with Gasteiger partial charge in [-0.25, -0.2) is 0 Å². The first-order valence-electron chi connectivity index (χ1n) is 7.79. The number of aryl methyl sites for hydroxylation is 1. The highest BCUT2D eigenvalue weighted by atomic mass is 16.1. The van der Waals surface area contributed by atoms with Gasteiger partial charge < -0.3 is 4.79 Å². The predicted molar refractivity (Wildman–Crippen MR) is 84.4 cm³/mol. The first-order chi connectivity index (χ1) is 10.3. The average Bonchev–Trinajstić information content (AvgIpc) is 2.54. The maximum absolute atomic E-state index is 11.4. The van der Waals surface area contributed by atoms with Crippen molar-refractivity contribution < 1.29 is 4.79 Å². The summed E-state index contributed by atoms with van der Waals surface area (Å²) in [5.74, 6) is 0.522. The van der Waals surface area contributed by atoms with Crippen molar-refractivity contribution in [3.8, 4) is 0 Å². The number of aromatic nitrogens is 1. The molecule has 0 saturated carbocycles. The Balaban J connectivity index is 1.87. The summed E-state index contributed by atoms with van der Waals surface area (Å²) in [4.78, 5) is 16.3. The van der Waals surface area contributed by atoms with Gasteiger partial charge in [-0.2, -0.15) is 0 Å². The zero-order valence-electron chi connectivity index (χ0n) is 12.5. The highest BCUT2D eigenvalue weighted by molar-refractivity contribution is 5.64. The molecule has 2 nitrogen and oxygen atoms in total. The maximum Gasteiger partial charge on any atom is 0.127 e. The molecule has 21 heavy (non-hydrogen) atoms. The third-order valence-electron chi connectivity index (χ3n) is 4.59. The van der Waals surface area contributed by atoms with E-state index >= 15 is 0 Å². The number of benzene rings is 1. The molecule has 2 aromatic rings. The van der Waals surface area contributed by atoms with E-state index in [-0.39, 0.29) is 5.92 Å². The number of pyridine rings is 1. The summed E-state index contributed by atoms with van der Waals surface area (Å²) in [5, 5.41) is 0. The highest BCUT2D eigenvalue weighted by Gasteiger charge is 2.28. The third kappa shape index (κ3) is 2.90. The van der Waals surface area contributed by atoms with E-state index in [4.69, 9.17) is 4.98 Å². The van der Waals surface area contributed by atoms with Crippen LogP contribution in [-0.4, -0.2) is 11.3 Å². The van der Waals surface area contributed by atoms with Crippen LogP contribution in [0.5, 0.6) is 0 Å². The van der Waals surface area contributed by atoms with Gasteiger partial charge in [-0.3, -0.25) is 4.98 Å². The maximum atomic E-state index is 11.4. The topological polar surface area (TPSA) is 30.0 Å². The van der Waals surface area contributed by atoms with Gasteiger partial charge in [0.15, 0.2) is 0 Å². The van der Waals surface area contributed by atoms with Crippen molar-refractivity contribution in [2.24, 2.45) is 5.92 Å². The Labute approximate surface area is 126 Å². The Bertz CT molecular complexity index is 621. The van der Waals surface area contributed by atoms with E-state index < -0.39 is 0 Å². The molecule has 1 aromatic carbocycles. The molecule has 0 radical (unpaired) electrons. The molecule has 1 aromatic heterocycles. The molecule has 0 spiro atoms. The lowest BCUT2D eigenvalue weighted by Gasteiger charge is -2.29. The van der Waals surface area contributed by atoms with Crippen LogP contribution in [0, 0.1) is 5.92 Å². The molecule has 1 aliphatic rings. The first-order valence-corrected chi connectivity index (χ1v) is 7.79.